The third-order valence-corrected chi connectivity index (χ3v) is 3.19. The van der Waals surface area contributed by atoms with Gasteiger partial charge in [0.15, 0.2) is 0 Å². The van der Waals surface area contributed by atoms with Gasteiger partial charge in [-0.3, -0.25) is 0 Å². The van der Waals surface area contributed by atoms with Crippen LogP contribution >= 0.6 is 0 Å². The number of hydrogen-bond donors (Lipinski definition) is 1. The van der Waals surface area contributed by atoms with Gasteiger partial charge in [-0.25, -0.2) is 0 Å². The number of aryl methyl sites for hydroxylation is 1. The molecule has 0 radical (unpaired) electrons. The molecular weight excluding hydrogens is 226 g/mol. The molecule has 0 amide bonds. The minimum Gasteiger partial charge on any atom is -0.491 e. The normalized spacial score (nSPS) is 18.1. The van der Waals surface area contributed by atoms with Crippen LogP contribution in [0.2, 0.25) is 0 Å². The highest BCUT2D eigenvalue weighted by atomic mass is 16.5. The molecule has 1 aliphatic carbocycles. The Morgan fingerprint density at radius 3 is 2.94 bits per heavy atom. The molecule has 0 aliphatic heterocycles. The van der Waals surface area contributed by atoms with E-state index in [1.165, 1.54) is 11.1 Å². The summed E-state index contributed by atoms with van der Waals surface area (Å²) in [6.45, 7) is 6.34. The summed E-state index contributed by atoms with van der Waals surface area (Å²) in [5.41, 5.74) is 8.62. The molecule has 1 aromatic carbocycles. The largest absolute Gasteiger partial charge is 0.491 e. The molecule has 3 nitrogen and oxygen atoms in total. The van der Waals surface area contributed by atoms with Gasteiger partial charge in [0, 0.05) is 12.6 Å². The first kappa shape index (κ1) is 13.4. The smallest absolute Gasteiger partial charge is 0.119 e. The molecule has 1 aliphatic rings. The molecule has 3 heteroatoms. The van der Waals surface area contributed by atoms with Crippen LogP contribution in [0.15, 0.2) is 18.2 Å². The number of hydrogen-bond acceptors (Lipinski definition) is 3. The van der Waals surface area contributed by atoms with Gasteiger partial charge in [0.05, 0.1) is 6.61 Å². The Labute approximate surface area is 109 Å². The van der Waals surface area contributed by atoms with Crippen LogP contribution in [-0.2, 0) is 11.2 Å². The molecule has 0 saturated heterocycles. The minimum atomic E-state index is 0.212. The summed E-state index contributed by atoms with van der Waals surface area (Å²) in [5.74, 6) is 1.50. The average molecular weight is 249 g/mol. The van der Waals surface area contributed by atoms with Gasteiger partial charge >= 0.3 is 0 Å². The van der Waals surface area contributed by atoms with E-state index in [0.717, 1.165) is 25.2 Å². The molecule has 0 spiro atoms. The second-order valence-corrected chi connectivity index (χ2v) is 5.32. The van der Waals surface area contributed by atoms with E-state index < -0.39 is 0 Å². The first-order valence-corrected chi connectivity index (χ1v) is 6.75. The summed E-state index contributed by atoms with van der Waals surface area (Å²) in [5, 5.41) is 0. The zero-order valence-corrected chi connectivity index (χ0v) is 11.3. The van der Waals surface area contributed by atoms with E-state index >= 15 is 0 Å². The Morgan fingerprint density at radius 2 is 2.17 bits per heavy atom. The van der Waals surface area contributed by atoms with Gasteiger partial charge < -0.3 is 15.2 Å². The van der Waals surface area contributed by atoms with Crippen LogP contribution in [0.5, 0.6) is 5.75 Å². The van der Waals surface area contributed by atoms with Crippen molar-refractivity contribution in [3.8, 4) is 5.75 Å². The Bertz CT molecular complexity index is 390. The predicted molar refractivity (Wildman–Crippen MR) is 72.8 cm³/mol. The van der Waals surface area contributed by atoms with Crippen LogP contribution in [0, 0.1) is 5.92 Å². The Hall–Kier alpha value is -1.06. The molecule has 0 aromatic heterocycles. The minimum absolute atomic E-state index is 0.212. The Kier molecular flexibility index (Phi) is 4.61. The molecule has 1 aromatic rings. The molecule has 0 heterocycles. The first-order chi connectivity index (χ1) is 8.66. The summed E-state index contributed by atoms with van der Waals surface area (Å²) in [6, 6.07) is 6.43. The summed E-state index contributed by atoms with van der Waals surface area (Å²) >= 11 is 0. The van der Waals surface area contributed by atoms with Crippen molar-refractivity contribution in [2.75, 3.05) is 19.8 Å². The quantitative estimate of drug-likeness (QED) is 0.788. The van der Waals surface area contributed by atoms with Crippen molar-refractivity contribution in [2.24, 2.45) is 11.7 Å². The molecular formula is C15H23NO2. The lowest BCUT2D eigenvalue weighted by molar-refractivity contribution is 0.0819. The molecule has 0 bridgehead atoms. The van der Waals surface area contributed by atoms with E-state index in [1.807, 2.05) is 6.07 Å². The Morgan fingerprint density at radius 1 is 1.33 bits per heavy atom. The number of ether oxygens (including phenoxy) is 2. The molecule has 0 fully saturated rings. The van der Waals surface area contributed by atoms with E-state index in [2.05, 4.69) is 26.0 Å². The third-order valence-electron chi connectivity index (χ3n) is 3.19. The van der Waals surface area contributed by atoms with Crippen LogP contribution in [0.25, 0.3) is 0 Å². The number of fused-ring (bicyclic) bond motifs is 1. The molecule has 2 N–H and O–H groups in total. The van der Waals surface area contributed by atoms with Gasteiger partial charge in [0.1, 0.15) is 12.4 Å². The van der Waals surface area contributed by atoms with Crippen LogP contribution < -0.4 is 10.5 Å². The van der Waals surface area contributed by atoms with Gasteiger partial charge in [-0.1, -0.05) is 19.9 Å². The van der Waals surface area contributed by atoms with Crippen LogP contribution in [0.4, 0.5) is 0 Å². The molecule has 1 unspecified atom stereocenters. The van der Waals surface area contributed by atoms with E-state index in [9.17, 15) is 0 Å². The van der Waals surface area contributed by atoms with Crippen molar-refractivity contribution in [1.29, 1.82) is 0 Å². The van der Waals surface area contributed by atoms with Crippen molar-refractivity contribution in [3.05, 3.63) is 29.3 Å². The highest BCUT2D eigenvalue weighted by Gasteiger charge is 2.18. The number of benzene rings is 1. The summed E-state index contributed by atoms with van der Waals surface area (Å²) in [6.07, 6.45) is 2.12. The van der Waals surface area contributed by atoms with Gasteiger partial charge in [0.2, 0.25) is 0 Å². The highest BCUT2D eigenvalue weighted by molar-refractivity contribution is 5.40. The number of rotatable bonds is 6. The van der Waals surface area contributed by atoms with Gasteiger partial charge in [-0.05, 0) is 42.0 Å². The van der Waals surface area contributed by atoms with Crippen LogP contribution in [0.3, 0.4) is 0 Å². The van der Waals surface area contributed by atoms with Gasteiger partial charge in [-0.15, -0.1) is 0 Å². The number of nitrogens with two attached hydrogens (primary N) is 1. The predicted octanol–water partition coefficient (Wildman–Crippen LogP) is 2.68. The average Bonchev–Trinajstić information content (AvgIpc) is 2.70. The molecule has 0 saturated carbocycles. The third kappa shape index (κ3) is 3.47. The maximum Gasteiger partial charge on any atom is 0.119 e. The van der Waals surface area contributed by atoms with Gasteiger partial charge in [-0.2, -0.15) is 0 Å². The van der Waals surface area contributed by atoms with Crippen molar-refractivity contribution in [2.45, 2.75) is 32.7 Å². The lowest BCUT2D eigenvalue weighted by atomic mass is 10.1. The Balaban J connectivity index is 1.77. The molecule has 100 valence electrons. The summed E-state index contributed by atoms with van der Waals surface area (Å²) < 4.78 is 11.2. The first-order valence-electron chi connectivity index (χ1n) is 6.75. The van der Waals surface area contributed by atoms with Crippen molar-refractivity contribution < 1.29 is 9.47 Å². The monoisotopic (exact) mass is 249 g/mol. The SMILES string of the molecule is CC(C)COCCOc1ccc2c(c1)CCC2N. The topological polar surface area (TPSA) is 44.5 Å². The fourth-order valence-electron chi connectivity index (χ4n) is 2.25. The second kappa shape index (κ2) is 6.21. The van der Waals surface area contributed by atoms with Crippen LogP contribution in [0.1, 0.15) is 37.4 Å². The second-order valence-electron chi connectivity index (χ2n) is 5.32. The van der Waals surface area contributed by atoms with Crippen LogP contribution in [-0.4, -0.2) is 19.8 Å². The van der Waals surface area contributed by atoms with E-state index in [4.69, 9.17) is 15.2 Å². The lowest BCUT2D eigenvalue weighted by Crippen LogP contribution is -2.10. The summed E-state index contributed by atoms with van der Waals surface area (Å²) in [7, 11) is 0. The van der Waals surface area contributed by atoms with Crippen molar-refractivity contribution >= 4 is 0 Å². The van der Waals surface area contributed by atoms with E-state index in [0.29, 0.717) is 19.1 Å². The van der Waals surface area contributed by atoms with Crippen molar-refractivity contribution in [1.82, 2.24) is 0 Å². The molecule has 2 rings (SSSR count). The highest BCUT2D eigenvalue weighted by Crippen LogP contribution is 2.31. The fourth-order valence-corrected chi connectivity index (χ4v) is 2.25. The maximum atomic E-state index is 6.00. The fraction of sp³-hybridized carbons (Fsp3) is 0.600. The zero-order valence-electron chi connectivity index (χ0n) is 11.3. The molecule has 18 heavy (non-hydrogen) atoms. The zero-order chi connectivity index (χ0) is 13.0. The van der Waals surface area contributed by atoms with E-state index in [-0.39, 0.29) is 6.04 Å². The van der Waals surface area contributed by atoms with Gasteiger partial charge in [0.25, 0.3) is 0 Å². The lowest BCUT2D eigenvalue weighted by Gasteiger charge is -2.10. The summed E-state index contributed by atoms with van der Waals surface area (Å²) in [4.78, 5) is 0. The maximum absolute atomic E-state index is 6.00. The standard InChI is InChI=1S/C15H23NO2/c1-11(2)10-17-7-8-18-13-4-5-14-12(9-13)3-6-15(14)16/h4-5,9,11,15H,3,6-8,10,16H2,1-2H3. The van der Waals surface area contributed by atoms with Crippen molar-refractivity contribution in [3.63, 3.8) is 0 Å². The molecule has 1 atom stereocenters. The van der Waals surface area contributed by atoms with E-state index in [1.54, 1.807) is 0 Å².